The van der Waals surface area contributed by atoms with E-state index in [1.54, 1.807) is 48.1 Å². The number of aromatic nitrogens is 2. The largest absolute Gasteiger partial charge is 0.416 e. The summed E-state index contributed by atoms with van der Waals surface area (Å²) in [6.07, 6.45) is -1.01. The van der Waals surface area contributed by atoms with Crippen LogP contribution in [0.1, 0.15) is 32.0 Å². The first-order valence-electron chi connectivity index (χ1n) is 13.7. The number of hydrogen-bond donors (Lipinski definition) is 2. The van der Waals surface area contributed by atoms with Crippen molar-refractivity contribution >= 4 is 23.2 Å². The number of amides is 2. The molecule has 0 bridgehead atoms. The molecule has 0 atom stereocenters. The first-order valence-corrected chi connectivity index (χ1v) is 13.7. The summed E-state index contributed by atoms with van der Waals surface area (Å²) >= 11 is 0. The molecule has 0 saturated carbocycles. The van der Waals surface area contributed by atoms with Crippen molar-refractivity contribution in [2.24, 2.45) is 7.05 Å². The van der Waals surface area contributed by atoms with E-state index in [1.807, 2.05) is 61.6 Å². The van der Waals surface area contributed by atoms with Crippen LogP contribution < -0.4 is 15.5 Å². The molecule has 0 fully saturated rings. The fraction of sp³-hybridized carbons (Fsp3) is 0.147. The number of nitrogens with one attached hydrogen (secondary N) is 2. The van der Waals surface area contributed by atoms with Crippen LogP contribution in [0, 0.1) is 0 Å². The van der Waals surface area contributed by atoms with Crippen LogP contribution in [0.5, 0.6) is 0 Å². The molecule has 0 spiro atoms. The molecule has 3 aromatic carbocycles. The number of pyridine rings is 1. The SMILES string of the molecule is CN(C)c1ccc(-c2ccc(CNC(=O)c3cc(NC(=O)c4ccccc4-c4ccc(C(F)(F)F)cc4)cn3C)cc2)nc1. The summed E-state index contributed by atoms with van der Waals surface area (Å²) in [5.41, 5.74) is 4.98. The summed E-state index contributed by atoms with van der Waals surface area (Å²) in [4.78, 5) is 32.7. The maximum atomic E-state index is 13.2. The number of rotatable bonds is 8. The van der Waals surface area contributed by atoms with Gasteiger partial charge in [-0.25, -0.2) is 0 Å². The predicted octanol–water partition coefficient (Wildman–Crippen LogP) is 7.02. The Labute approximate surface area is 253 Å². The van der Waals surface area contributed by atoms with E-state index in [0.29, 0.717) is 29.1 Å². The van der Waals surface area contributed by atoms with Crippen LogP contribution in [0.3, 0.4) is 0 Å². The number of halogens is 3. The number of carbonyl (C=O) groups is 2. The number of aryl methyl sites for hydroxylation is 1. The predicted molar refractivity (Wildman–Crippen MR) is 165 cm³/mol. The summed E-state index contributed by atoms with van der Waals surface area (Å²) in [6, 6.07) is 24.6. The van der Waals surface area contributed by atoms with Gasteiger partial charge in [-0.2, -0.15) is 13.2 Å². The molecule has 2 amide bonds. The number of nitrogens with zero attached hydrogens (tertiary/aromatic N) is 3. The molecule has 2 N–H and O–H groups in total. The minimum absolute atomic E-state index is 0.286. The molecule has 2 heterocycles. The average molecular weight is 598 g/mol. The highest BCUT2D eigenvalue weighted by atomic mass is 19.4. The van der Waals surface area contributed by atoms with Gasteiger partial charge in [0.2, 0.25) is 0 Å². The Morgan fingerprint density at radius 1 is 0.864 bits per heavy atom. The summed E-state index contributed by atoms with van der Waals surface area (Å²) < 4.78 is 40.6. The van der Waals surface area contributed by atoms with E-state index in [2.05, 4.69) is 15.6 Å². The highest BCUT2D eigenvalue weighted by Crippen LogP contribution is 2.32. The molecule has 0 aliphatic rings. The second-order valence-corrected chi connectivity index (χ2v) is 10.5. The molecule has 5 rings (SSSR count). The molecule has 44 heavy (non-hydrogen) atoms. The number of benzene rings is 3. The van der Waals surface area contributed by atoms with E-state index in [4.69, 9.17) is 0 Å². The highest BCUT2D eigenvalue weighted by molar-refractivity contribution is 6.09. The van der Waals surface area contributed by atoms with Crippen molar-refractivity contribution in [3.63, 3.8) is 0 Å². The van der Waals surface area contributed by atoms with Gasteiger partial charge in [0.05, 0.1) is 28.8 Å². The van der Waals surface area contributed by atoms with Crippen molar-refractivity contribution in [2.45, 2.75) is 12.7 Å². The van der Waals surface area contributed by atoms with E-state index in [-0.39, 0.29) is 11.5 Å². The molecular weight excluding hydrogens is 567 g/mol. The molecule has 0 unspecified atom stereocenters. The zero-order valence-electron chi connectivity index (χ0n) is 24.3. The molecule has 5 aromatic rings. The van der Waals surface area contributed by atoms with Gasteiger partial charge in [0.25, 0.3) is 11.8 Å². The first-order chi connectivity index (χ1) is 21.0. The smallest absolute Gasteiger partial charge is 0.376 e. The maximum Gasteiger partial charge on any atom is 0.416 e. The second kappa shape index (κ2) is 12.5. The highest BCUT2D eigenvalue weighted by Gasteiger charge is 2.30. The topological polar surface area (TPSA) is 79.3 Å². The normalized spacial score (nSPS) is 11.2. The van der Waals surface area contributed by atoms with Crippen LogP contribution >= 0.6 is 0 Å². The van der Waals surface area contributed by atoms with Crippen molar-refractivity contribution in [1.82, 2.24) is 14.9 Å². The van der Waals surface area contributed by atoms with E-state index < -0.39 is 17.6 Å². The lowest BCUT2D eigenvalue weighted by molar-refractivity contribution is -0.137. The summed E-state index contributed by atoms with van der Waals surface area (Å²) in [6.45, 7) is 0.305. The van der Waals surface area contributed by atoms with Crippen molar-refractivity contribution < 1.29 is 22.8 Å². The minimum Gasteiger partial charge on any atom is -0.376 e. The molecule has 224 valence electrons. The Bertz CT molecular complexity index is 1780. The molecule has 10 heteroatoms. The zero-order chi connectivity index (χ0) is 31.4. The van der Waals surface area contributed by atoms with Crippen molar-refractivity contribution in [3.05, 3.63) is 126 Å². The third-order valence-electron chi connectivity index (χ3n) is 7.16. The van der Waals surface area contributed by atoms with Crippen molar-refractivity contribution in [3.8, 4) is 22.4 Å². The van der Waals surface area contributed by atoms with Crippen LogP contribution in [0.25, 0.3) is 22.4 Å². The Balaban J connectivity index is 1.23. The van der Waals surface area contributed by atoms with Crippen LogP contribution in [0.2, 0.25) is 0 Å². The van der Waals surface area contributed by atoms with Crippen LogP contribution in [0.4, 0.5) is 24.5 Å². The lowest BCUT2D eigenvalue weighted by Gasteiger charge is -2.12. The van der Waals surface area contributed by atoms with E-state index in [0.717, 1.165) is 34.6 Å². The third-order valence-corrected chi connectivity index (χ3v) is 7.16. The van der Waals surface area contributed by atoms with Gasteiger partial charge in [0, 0.05) is 45.0 Å². The maximum absolute atomic E-state index is 13.2. The van der Waals surface area contributed by atoms with Crippen molar-refractivity contribution in [2.75, 3.05) is 24.3 Å². The molecule has 7 nitrogen and oxygen atoms in total. The van der Waals surface area contributed by atoms with Gasteiger partial charge >= 0.3 is 6.18 Å². The Hall–Kier alpha value is -5.38. The van der Waals surface area contributed by atoms with Gasteiger partial charge in [-0.1, -0.05) is 54.6 Å². The number of carbonyl (C=O) groups excluding carboxylic acids is 2. The molecular formula is C34H30F3N5O2. The second-order valence-electron chi connectivity index (χ2n) is 10.5. The fourth-order valence-electron chi connectivity index (χ4n) is 4.72. The van der Waals surface area contributed by atoms with Crippen LogP contribution in [-0.4, -0.2) is 35.5 Å². The average Bonchev–Trinajstić information content (AvgIpc) is 3.39. The number of anilines is 2. The quantitative estimate of drug-likeness (QED) is 0.202. The van der Waals surface area contributed by atoms with Crippen LogP contribution in [0.15, 0.2) is 103 Å². The van der Waals surface area contributed by atoms with Gasteiger partial charge < -0.3 is 20.1 Å². The molecule has 0 aliphatic carbocycles. The summed E-state index contributed by atoms with van der Waals surface area (Å²) in [7, 11) is 5.62. The lowest BCUT2D eigenvalue weighted by Crippen LogP contribution is -2.24. The molecule has 0 aliphatic heterocycles. The van der Waals surface area contributed by atoms with Crippen LogP contribution in [-0.2, 0) is 19.8 Å². The Morgan fingerprint density at radius 3 is 2.18 bits per heavy atom. The third kappa shape index (κ3) is 6.81. The number of hydrogen-bond acceptors (Lipinski definition) is 4. The lowest BCUT2D eigenvalue weighted by atomic mass is 9.98. The van der Waals surface area contributed by atoms with E-state index in [1.165, 1.54) is 12.1 Å². The van der Waals surface area contributed by atoms with Gasteiger partial charge in [-0.3, -0.25) is 14.6 Å². The summed E-state index contributed by atoms with van der Waals surface area (Å²) in [5.74, 6) is -0.771. The van der Waals surface area contributed by atoms with Crippen molar-refractivity contribution in [1.29, 1.82) is 0 Å². The zero-order valence-corrected chi connectivity index (χ0v) is 24.3. The Kier molecular flexibility index (Phi) is 8.52. The standard InChI is InChI=1S/C34H30F3N5O2/c1-41(2)27-16-17-30(38-20-27)24-10-8-22(9-11-24)19-39-33(44)31-18-26(21-42(31)3)40-32(43)29-7-5-4-6-28(29)23-12-14-25(15-13-23)34(35,36)37/h4-18,20-21H,19H2,1-3H3,(H,39,44)(H,40,43). The number of alkyl halides is 3. The molecule has 2 aromatic heterocycles. The molecule has 0 radical (unpaired) electrons. The first kappa shape index (κ1) is 30.1. The molecule has 0 saturated heterocycles. The fourth-order valence-corrected chi connectivity index (χ4v) is 4.72. The van der Waals surface area contributed by atoms with Gasteiger partial charge in [-0.05, 0) is 53.1 Å². The van der Waals surface area contributed by atoms with Gasteiger partial charge in [0.1, 0.15) is 5.69 Å². The van der Waals surface area contributed by atoms with Gasteiger partial charge in [-0.15, -0.1) is 0 Å². The monoisotopic (exact) mass is 597 g/mol. The minimum atomic E-state index is -4.45. The Morgan fingerprint density at radius 2 is 1.55 bits per heavy atom. The van der Waals surface area contributed by atoms with E-state index >= 15 is 0 Å². The van der Waals surface area contributed by atoms with Gasteiger partial charge in [0.15, 0.2) is 0 Å². The van der Waals surface area contributed by atoms with E-state index in [9.17, 15) is 22.8 Å². The summed E-state index contributed by atoms with van der Waals surface area (Å²) in [5, 5.41) is 5.70.